The molecular weight excluding hydrogens is 801 g/mol. The maximum Gasteiger partial charge on any atom is 0.241 e. The first-order valence-electron chi connectivity index (χ1n) is 21.0. The molecule has 5 aromatic carbocycles. The van der Waals surface area contributed by atoms with Gasteiger partial charge in [0, 0.05) is 63.6 Å². The third-order valence-corrected chi connectivity index (χ3v) is 12.9. The van der Waals surface area contributed by atoms with Gasteiger partial charge >= 0.3 is 0 Å². The molecule has 0 aliphatic carbocycles. The summed E-state index contributed by atoms with van der Waals surface area (Å²) in [5.74, 6) is 0.338. The number of aliphatic hydroxyl groups is 1. The largest absolute Gasteiger partial charge is 0.392 e. The van der Waals surface area contributed by atoms with E-state index in [0.29, 0.717) is 6.42 Å². The van der Waals surface area contributed by atoms with Crippen LogP contribution in [0.25, 0.3) is 11.1 Å². The third kappa shape index (κ3) is 11.0. The van der Waals surface area contributed by atoms with Crippen molar-refractivity contribution in [3.05, 3.63) is 179 Å². The second kappa shape index (κ2) is 19.9. The molecule has 8 rings (SSSR count). The SMILES string of the molecule is Cc1ccc(S(=O)(=O)N[C@H](Cc2ccccc2)C(=O)NCc2cccc(-c3ccc([C@@H]4O[C@H](CN5CCN(c6ncccn6)CC5)C[C@H](c5ccc(CO)cc5)O4)cc3)c2)cc1. The summed E-state index contributed by atoms with van der Waals surface area (Å²) in [6.07, 6.45) is 3.59. The number of hydrogen-bond donors (Lipinski definition) is 3. The number of aromatic nitrogens is 2. The van der Waals surface area contributed by atoms with Gasteiger partial charge in [0.2, 0.25) is 21.9 Å². The molecule has 320 valence electrons. The van der Waals surface area contributed by atoms with Crippen LogP contribution in [0.3, 0.4) is 0 Å². The maximum absolute atomic E-state index is 13.7. The third-order valence-electron chi connectivity index (χ3n) is 11.4. The number of sulfonamides is 1. The van der Waals surface area contributed by atoms with Crippen molar-refractivity contribution in [1.82, 2.24) is 24.9 Å². The summed E-state index contributed by atoms with van der Waals surface area (Å²) in [6.45, 7) is 6.27. The molecular formula is C49H52N6O6S. The fourth-order valence-corrected chi connectivity index (χ4v) is 9.12. The Hall–Kier alpha value is -5.80. The Labute approximate surface area is 363 Å². The summed E-state index contributed by atoms with van der Waals surface area (Å²) >= 11 is 0. The van der Waals surface area contributed by atoms with Crippen LogP contribution in [0.2, 0.25) is 0 Å². The number of rotatable bonds is 15. The number of nitrogens with one attached hydrogen (secondary N) is 2. The topological polar surface area (TPSA) is 146 Å². The average Bonchev–Trinajstić information content (AvgIpc) is 3.31. The second-order valence-electron chi connectivity index (χ2n) is 15.9. The van der Waals surface area contributed by atoms with Crippen molar-refractivity contribution in [1.29, 1.82) is 0 Å². The van der Waals surface area contributed by atoms with E-state index in [4.69, 9.17) is 9.47 Å². The second-order valence-corrected chi connectivity index (χ2v) is 17.6. The molecule has 0 bridgehead atoms. The number of aryl methyl sites for hydroxylation is 1. The van der Waals surface area contributed by atoms with Crippen molar-refractivity contribution in [2.24, 2.45) is 0 Å². The molecule has 1 aromatic heterocycles. The van der Waals surface area contributed by atoms with E-state index in [1.54, 1.807) is 36.7 Å². The molecule has 0 spiro atoms. The minimum atomic E-state index is -3.96. The van der Waals surface area contributed by atoms with Crippen molar-refractivity contribution in [2.45, 2.75) is 62.4 Å². The predicted octanol–water partition coefficient (Wildman–Crippen LogP) is 6.52. The van der Waals surface area contributed by atoms with Crippen molar-refractivity contribution in [3.8, 4) is 11.1 Å². The maximum atomic E-state index is 13.7. The van der Waals surface area contributed by atoms with Gasteiger partial charge < -0.3 is 24.8 Å². The number of carbonyl (C=O) groups is 1. The molecule has 4 atom stereocenters. The van der Waals surface area contributed by atoms with Crippen LogP contribution in [-0.4, -0.2) is 79.2 Å². The molecule has 0 saturated carbocycles. The highest BCUT2D eigenvalue weighted by Gasteiger charge is 2.34. The Bertz CT molecular complexity index is 2490. The molecule has 2 aliphatic rings. The summed E-state index contributed by atoms with van der Waals surface area (Å²) in [6, 6.07) is 40.8. The van der Waals surface area contributed by atoms with Gasteiger partial charge in [0.15, 0.2) is 6.29 Å². The number of hydrogen-bond acceptors (Lipinski definition) is 10. The zero-order chi connectivity index (χ0) is 42.9. The molecule has 2 aliphatic heterocycles. The molecule has 13 heteroatoms. The normalized spacial score (nSPS) is 18.9. The highest BCUT2D eigenvalue weighted by Crippen LogP contribution is 2.39. The zero-order valence-electron chi connectivity index (χ0n) is 34.7. The predicted molar refractivity (Wildman–Crippen MR) is 238 cm³/mol. The first-order valence-corrected chi connectivity index (χ1v) is 22.5. The summed E-state index contributed by atoms with van der Waals surface area (Å²) in [5.41, 5.74) is 7.40. The lowest BCUT2D eigenvalue weighted by molar-refractivity contribution is -0.253. The van der Waals surface area contributed by atoms with Crippen LogP contribution < -0.4 is 14.9 Å². The summed E-state index contributed by atoms with van der Waals surface area (Å²) in [5, 5.41) is 12.6. The minimum absolute atomic E-state index is 0.0157. The van der Waals surface area contributed by atoms with Gasteiger partial charge in [-0.3, -0.25) is 9.69 Å². The van der Waals surface area contributed by atoms with Crippen LogP contribution in [0.1, 0.15) is 52.2 Å². The number of aliphatic hydroxyl groups excluding tert-OH is 1. The zero-order valence-corrected chi connectivity index (χ0v) is 35.5. The van der Waals surface area contributed by atoms with Gasteiger partial charge in [-0.25, -0.2) is 18.4 Å². The standard InChI is InChI=1S/C49H52N6O6S/c1-35-11-21-44(22-12-35)62(58,59)53-45(30-36-7-3-2-4-8-36)47(57)52-32-38-9-5-10-42(29-38)39-17-19-41(20-18-39)48-60-43(31-46(61-48)40-15-13-37(34-56)14-16-40)33-54-25-27-55(28-26-54)49-50-23-6-24-51-49/h2-24,29,43,45-46,48,53,56H,25-28,30-34H2,1H3,(H,52,57)/t43-,45+,46+,48+/m0/s1. The Morgan fingerprint density at radius 3 is 2.16 bits per heavy atom. The van der Waals surface area contributed by atoms with Gasteiger partial charge in [0.25, 0.3) is 0 Å². The molecule has 3 heterocycles. The summed E-state index contributed by atoms with van der Waals surface area (Å²) in [4.78, 5) is 27.3. The number of carbonyl (C=O) groups excluding carboxylic acids is 1. The average molecular weight is 853 g/mol. The number of benzene rings is 5. The first kappa shape index (κ1) is 42.9. The van der Waals surface area contributed by atoms with Crippen LogP contribution in [0.4, 0.5) is 5.95 Å². The van der Waals surface area contributed by atoms with Crippen LogP contribution in [0.15, 0.2) is 151 Å². The van der Waals surface area contributed by atoms with E-state index < -0.39 is 28.3 Å². The lowest BCUT2D eigenvalue weighted by Crippen LogP contribution is -2.50. The van der Waals surface area contributed by atoms with Crippen LogP contribution in [0, 0.1) is 6.92 Å². The number of nitrogens with zero attached hydrogens (tertiary/aromatic N) is 4. The van der Waals surface area contributed by atoms with Gasteiger partial charge in [-0.2, -0.15) is 4.72 Å². The number of ether oxygens (including phenoxy) is 2. The summed E-state index contributed by atoms with van der Waals surface area (Å²) < 4.78 is 42.8. The Kier molecular flexibility index (Phi) is 13.8. The molecule has 2 saturated heterocycles. The van der Waals surface area contributed by atoms with Gasteiger partial charge in [0.05, 0.1) is 23.7 Å². The quantitative estimate of drug-likeness (QED) is 0.104. The van der Waals surface area contributed by atoms with E-state index in [1.807, 2.05) is 104 Å². The van der Waals surface area contributed by atoms with Gasteiger partial charge in [0.1, 0.15) is 6.04 Å². The summed E-state index contributed by atoms with van der Waals surface area (Å²) in [7, 11) is -3.96. The van der Waals surface area contributed by atoms with Crippen LogP contribution >= 0.6 is 0 Å². The molecule has 0 radical (unpaired) electrons. The van der Waals surface area contributed by atoms with Crippen LogP contribution in [0.5, 0.6) is 0 Å². The Balaban J connectivity index is 0.933. The fourth-order valence-electron chi connectivity index (χ4n) is 7.92. The van der Waals surface area contributed by atoms with Crippen LogP contribution in [-0.2, 0) is 43.9 Å². The molecule has 0 unspecified atom stereocenters. The number of piperazine rings is 1. The monoisotopic (exact) mass is 852 g/mol. The lowest BCUT2D eigenvalue weighted by Gasteiger charge is -2.40. The van der Waals surface area contributed by atoms with Crippen molar-refractivity contribution in [2.75, 3.05) is 37.6 Å². The van der Waals surface area contributed by atoms with Crippen molar-refractivity contribution >= 4 is 21.9 Å². The van der Waals surface area contributed by atoms with E-state index in [2.05, 4.69) is 41.9 Å². The first-order chi connectivity index (χ1) is 30.2. The van der Waals surface area contributed by atoms with E-state index >= 15 is 0 Å². The Morgan fingerprint density at radius 1 is 0.758 bits per heavy atom. The fraction of sp³-hybridized carbons (Fsp3) is 0.286. The van der Waals surface area contributed by atoms with Gasteiger partial charge in [-0.1, -0.05) is 115 Å². The molecule has 2 fully saturated rings. The van der Waals surface area contributed by atoms with E-state index in [0.717, 1.165) is 83.2 Å². The number of amides is 1. The lowest BCUT2D eigenvalue weighted by atomic mass is 9.98. The van der Waals surface area contributed by atoms with Crippen molar-refractivity contribution in [3.63, 3.8) is 0 Å². The molecule has 3 N–H and O–H groups in total. The molecule has 1 amide bonds. The van der Waals surface area contributed by atoms with Gasteiger partial charge in [-0.15, -0.1) is 0 Å². The highest BCUT2D eigenvalue weighted by atomic mass is 32.2. The van der Waals surface area contributed by atoms with E-state index in [-0.39, 0.29) is 36.7 Å². The highest BCUT2D eigenvalue weighted by molar-refractivity contribution is 7.89. The molecule has 62 heavy (non-hydrogen) atoms. The smallest absolute Gasteiger partial charge is 0.241 e. The van der Waals surface area contributed by atoms with Gasteiger partial charge in [-0.05, 0) is 71.0 Å². The number of anilines is 1. The molecule has 12 nitrogen and oxygen atoms in total. The minimum Gasteiger partial charge on any atom is -0.392 e. The van der Waals surface area contributed by atoms with Crippen molar-refractivity contribution < 1.29 is 27.8 Å². The Morgan fingerprint density at radius 2 is 1.45 bits per heavy atom. The molecule has 6 aromatic rings. The van der Waals surface area contributed by atoms with E-state index in [1.165, 1.54) is 0 Å². The van der Waals surface area contributed by atoms with E-state index in [9.17, 15) is 18.3 Å².